The highest BCUT2D eigenvalue weighted by Gasteiger charge is 2.38. The van der Waals surface area contributed by atoms with Gasteiger partial charge >= 0.3 is 0 Å². The van der Waals surface area contributed by atoms with E-state index >= 15 is 0 Å². The molecule has 0 fully saturated rings. The van der Waals surface area contributed by atoms with Gasteiger partial charge in [-0.2, -0.15) is 0 Å². The van der Waals surface area contributed by atoms with Crippen LogP contribution in [0.25, 0.3) is 0 Å². The van der Waals surface area contributed by atoms with Gasteiger partial charge in [0.25, 0.3) is 0 Å². The van der Waals surface area contributed by atoms with Crippen LogP contribution in [-0.4, -0.2) is 5.11 Å². The molecule has 3 rings (SSSR count). The van der Waals surface area contributed by atoms with Gasteiger partial charge in [-0.15, -0.1) is 0 Å². The standard InChI is InChI=1S/C17H17FO/c1-11-3-4-13-7-8-17(19,15(13)9-11)14-5-6-16(18)12(2)10-14/h3-6,9-10,19H,7-8H2,1-2H3. The number of hydrogen-bond acceptors (Lipinski definition) is 1. The van der Waals surface area contributed by atoms with Crippen LogP contribution in [-0.2, 0) is 12.0 Å². The van der Waals surface area contributed by atoms with E-state index in [1.807, 2.05) is 13.0 Å². The van der Waals surface area contributed by atoms with Gasteiger partial charge < -0.3 is 5.11 Å². The average Bonchev–Trinajstić information content (AvgIpc) is 2.72. The number of benzene rings is 2. The second-order valence-electron chi connectivity index (χ2n) is 5.48. The summed E-state index contributed by atoms with van der Waals surface area (Å²) in [5.74, 6) is -0.227. The summed E-state index contributed by atoms with van der Waals surface area (Å²) < 4.78 is 13.4. The van der Waals surface area contributed by atoms with Gasteiger partial charge in [-0.3, -0.25) is 0 Å². The van der Waals surface area contributed by atoms with Gasteiger partial charge in [0, 0.05) is 0 Å². The van der Waals surface area contributed by atoms with E-state index in [-0.39, 0.29) is 5.82 Å². The molecule has 98 valence electrons. The second-order valence-corrected chi connectivity index (χ2v) is 5.48. The van der Waals surface area contributed by atoms with E-state index in [0.29, 0.717) is 12.0 Å². The van der Waals surface area contributed by atoms with Crippen LogP contribution in [0.1, 0.15) is 34.2 Å². The molecule has 1 aliphatic carbocycles. The van der Waals surface area contributed by atoms with Crippen LogP contribution in [0.4, 0.5) is 4.39 Å². The molecule has 1 nitrogen and oxygen atoms in total. The third kappa shape index (κ3) is 1.87. The summed E-state index contributed by atoms with van der Waals surface area (Å²) in [5, 5.41) is 11.0. The zero-order valence-electron chi connectivity index (χ0n) is 11.2. The Morgan fingerprint density at radius 2 is 1.89 bits per heavy atom. The van der Waals surface area contributed by atoms with Gasteiger partial charge in [0.15, 0.2) is 0 Å². The van der Waals surface area contributed by atoms with Gasteiger partial charge in [0.1, 0.15) is 11.4 Å². The fourth-order valence-corrected chi connectivity index (χ4v) is 2.95. The predicted octanol–water partition coefficient (Wildman–Crippen LogP) is 3.62. The Kier molecular flexibility index (Phi) is 2.72. The lowest BCUT2D eigenvalue weighted by atomic mass is 9.86. The molecule has 1 unspecified atom stereocenters. The maximum absolute atomic E-state index is 13.4. The van der Waals surface area contributed by atoms with Crippen LogP contribution in [0.15, 0.2) is 36.4 Å². The van der Waals surface area contributed by atoms with E-state index in [2.05, 4.69) is 12.1 Å². The van der Waals surface area contributed by atoms with E-state index in [4.69, 9.17) is 0 Å². The number of aryl methyl sites for hydroxylation is 3. The fourth-order valence-electron chi connectivity index (χ4n) is 2.95. The molecule has 0 saturated carbocycles. The first-order valence-corrected chi connectivity index (χ1v) is 6.60. The van der Waals surface area contributed by atoms with Crippen molar-refractivity contribution in [2.75, 3.05) is 0 Å². The number of rotatable bonds is 1. The molecule has 0 radical (unpaired) electrons. The Labute approximate surface area is 112 Å². The third-order valence-electron chi connectivity index (χ3n) is 4.10. The van der Waals surface area contributed by atoms with Crippen LogP contribution < -0.4 is 0 Å². The molecule has 0 amide bonds. The van der Waals surface area contributed by atoms with E-state index in [0.717, 1.165) is 23.1 Å². The molecular weight excluding hydrogens is 239 g/mol. The lowest BCUT2D eigenvalue weighted by Gasteiger charge is -2.25. The first-order valence-electron chi connectivity index (χ1n) is 6.60. The van der Waals surface area contributed by atoms with Crippen LogP contribution >= 0.6 is 0 Å². The molecular formula is C17H17FO. The highest BCUT2D eigenvalue weighted by Crippen LogP contribution is 2.42. The van der Waals surface area contributed by atoms with Crippen LogP contribution in [0.5, 0.6) is 0 Å². The van der Waals surface area contributed by atoms with Crippen LogP contribution in [0.3, 0.4) is 0 Å². The van der Waals surface area contributed by atoms with Crippen molar-refractivity contribution in [1.82, 2.24) is 0 Å². The minimum Gasteiger partial charge on any atom is -0.380 e. The summed E-state index contributed by atoms with van der Waals surface area (Å²) >= 11 is 0. The van der Waals surface area contributed by atoms with E-state index in [9.17, 15) is 9.50 Å². The van der Waals surface area contributed by atoms with Crippen molar-refractivity contribution < 1.29 is 9.50 Å². The van der Waals surface area contributed by atoms with Crippen molar-refractivity contribution in [2.24, 2.45) is 0 Å². The zero-order valence-corrected chi connectivity index (χ0v) is 11.2. The van der Waals surface area contributed by atoms with E-state index < -0.39 is 5.60 Å². The summed E-state index contributed by atoms with van der Waals surface area (Å²) in [7, 11) is 0. The van der Waals surface area contributed by atoms with Gasteiger partial charge in [0.05, 0.1) is 0 Å². The molecule has 1 aliphatic rings. The Morgan fingerprint density at radius 1 is 1.11 bits per heavy atom. The summed E-state index contributed by atoms with van der Waals surface area (Å²) in [4.78, 5) is 0. The average molecular weight is 256 g/mol. The Bertz CT molecular complexity index is 648. The highest BCUT2D eigenvalue weighted by molar-refractivity contribution is 5.47. The maximum atomic E-state index is 13.4. The Morgan fingerprint density at radius 3 is 2.63 bits per heavy atom. The van der Waals surface area contributed by atoms with Crippen molar-refractivity contribution in [3.8, 4) is 0 Å². The summed E-state index contributed by atoms with van der Waals surface area (Å²) in [6.07, 6.45) is 1.53. The topological polar surface area (TPSA) is 20.2 Å². The number of hydrogen-bond donors (Lipinski definition) is 1. The molecule has 0 heterocycles. The van der Waals surface area contributed by atoms with Gasteiger partial charge in [-0.1, -0.05) is 29.8 Å². The quantitative estimate of drug-likeness (QED) is 0.826. The molecule has 1 atom stereocenters. The lowest BCUT2D eigenvalue weighted by Crippen LogP contribution is -2.24. The van der Waals surface area contributed by atoms with Crippen molar-refractivity contribution >= 4 is 0 Å². The third-order valence-corrected chi connectivity index (χ3v) is 4.10. The summed E-state index contributed by atoms with van der Waals surface area (Å²) in [6.45, 7) is 3.75. The van der Waals surface area contributed by atoms with Crippen LogP contribution in [0, 0.1) is 19.7 Å². The fraction of sp³-hybridized carbons (Fsp3) is 0.294. The smallest absolute Gasteiger partial charge is 0.126 e. The molecule has 1 N–H and O–H groups in total. The first-order chi connectivity index (χ1) is 9.00. The monoisotopic (exact) mass is 256 g/mol. The Hall–Kier alpha value is -1.67. The largest absolute Gasteiger partial charge is 0.380 e. The second kappa shape index (κ2) is 4.17. The number of aliphatic hydroxyl groups is 1. The molecule has 0 saturated heterocycles. The molecule has 2 aromatic carbocycles. The van der Waals surface area contributed by atoms with Gasteiger partial charge in [-0.25, -0.2) is 4.39 Å². The molecule has 0 aromatic heterocycles. The minimum atomic E-state index is -0.972. The Balaban J connectivity index is 2.15. The number of fused-ring (bicyclic) bond motifs is 1. The summed E-state index contributed by atoms with van der Waals surface area (Å²) in [6, 6.07) is 11.1. The minimum absolute atomic E-state index is 0.227. The normalized spacial score (nSPS) is 21.5. The van der Waals surface area contributed by atoms with Crippen molar-refractivity contribution in [1.29, 1.82) is 0 Å². The van der Waals surface area contributed by atoms with Crippen LogP contribution in [0.2, 0.25) is 0 Å². The molecule has 0 bridgehead atoms. The predicted molar refractivity (Wildman–Crippen MR) is 73.6 cm³/mol. The first kappa shape index (κ1) is 12.4. The molecule has 0 aliphatic heterocycles. The lowest BCUT2D eigenvalue weighted by molar-refractivity contribution is 0.0827. The molecule has 0 spiro atoms. The maximum Gasteiger partial charge on any atom is 0.126 e. The van der Waals surface area contributed by atoms with E-state index in [1.165, 1.54) is 11.6 Å². The van der Waals surface area contributed by atoms with E-state index in [1.54, 1.807) is 19.1 Å². The van der Waals surface area contributed by atoms with Crippen molar-refractivity contribution in [2.45, 2.75) is 32.3 Å². The van der Waals surface area contributed by atoms with Gasteiger partial charge in [0.2, 0.25) is 0 Å². The van der Waals surface area contributed by atoms with Crippen molar-refractivity contribution in [3.63, 3.8) is 0 Å². The zero-order chi connectivity index (χ0) is 13.6. The molecule has 2 heteroatoms. The number of halogens is 1. The SMILES string of the molecule is Cc1ccc2c(c1)C(O)(c1ccc(F)c(C)c1)CC2. The van der Waals surface area contributed by atoms with Gasteiger partial charge in [-0.05, 0) is 61.1 Å². The summed E-state index contributed by atoms with van der Waals surface area (Å²) in [5.41, 5.74) is 3.69. The van der Waals surface area contributed by atoms with Crippen molar-refractivity contribution in [3.05, 3.63) is 70.0 Å². The molecule has 19 heavy (non-hydrogen) atoms. The highest BCUT2D eigenvalue weighted by atomic mass is 19.1. The molecule has 2 aromatic rings.